The monoisotopic (exact) mass is 319 g/mol. The quantitative estimate of drug-likeness (QED) is 0.792. The Hall–Kier alpha value is -1.73. The third-order valence-electron chi connectivity index (χ3n) is 4.66. The van der Waals surface area contributed by atoms with Gasteiger partial charge in [-0.3, -0.25) is 4.79 Å². The molecule has 0 bridgehead atoms. The molecular formula is C16H25N5O2. The minimum atomic E-state index is -0.203. The summed E-state index contributed by atoms with van der Waals surface area (Å²) in [5, 5.41) is 0. The molecule has 7 nitrogen and oxygen atoms in total. The Balaban J connectivity index is 1.59. The summed E-state index contributed by atoms with van der Waals surface area (Å²) in [4.78, 5) is 27.0. The number of carbonyl (C=O) groups excluding carboxylic acids is 1. The Labute approximate surface area is 137 Å². The number of carbonyl (C=O) groups is 1. The lowest BCUT2D eigenvalue weighted by atomic mass is 9.89. The first kappa shape index (κ1) is 16.1. The molecule has 23 heavy (non-hydrogen) atoms. The number of amides is 1. The van der Waals surface area contributed by atoms with Crippen molar-refractivity contribution >= 4 is 11.9 Å². The molecular weight excluding hydrogens is 294 g/mol. The first-order valence-electron chi connectivity index (χ1n) is 8.16. The number of aromatic nitrogens is 2. The maximum Gasteiger partial charge on any atom is 0.248 e. The van der Waals surface area contributed by atoms with Crippen LogP contribution in [0.3, 0.4) is 0 Å². The molecule has 0 aromatic carbocycles. The van der Waals surface area contributed by atoms with Crippen LogP contribution in [0.5, 0.6) is 0 Å². The number of nitrogens with zero attached hydrogens (tertiary/aromatic N) is 5. The van der Waals surface area contributed by atoms with Crippen molar-refractivity contribution in [1.82, 2.24) is 19.8 Å². The van der Waals surface area contributed by atoms with E-state index >= 15 is 0 Å². The minimum absolute atomic E-state index is 0.103. The molecule has 1 spiro atoms. The Morgan fingerprint density at radius 2 is 1.96 bits per heavy atom. The topological polar surface area (TPSA) is 61.8 Å². The Kier molecular flexibility index (Phi) is 4.77. The van der Waals surface area contributed by atoms with Crippen LogP contribution in [0.15, 0.2) is 18.5 Å². The van der Waals surface area contributed by atoms with Gasteiger partial charge in [0.25, 0.3) is 0 Å². The van der Waals surface area contributed by atoms with Gasteiger partial charge in [-0.25, -0.2) is 9.97 Å². The maximum absolute atomic E-state index is 12.1. The number of hydrogen-bond donors (Lipinski definition) is 0. The SMILES string of the molecule is CN(C)CCN1CC2(CCN(c3ncccn3)CC2)OCC1=O. The van der Waals surface area contributed by atoms with Crippen LogP contribution in [0.4, 0.5) is 5.95 Å². The predicted octanol–water partition coefficient (Wildman–Crippen LogP) is 0.236. The van der Waals surface area contributed by atoms with Gasteiger partial charge in [0.15, 0.2) is 0 Å². The van der Waals surface area contributed by atoms with Crippen molar-refractivity contribution in [3.8, 4) is 0 Å². The second-order valence-corrected chi connectivity index (χ2v) is 6.63. The number of piperidine rings is 1. The van der Waals surface area contributed by atoms with E-state index in [9.17, 15) is 4.79 Å². The summed E-state index contributed by atoms with van der Waals surface area (Å²) in [5.74, 6) is 0.880. The average Bonchev–Trinajstić information content (AvgIpc) is 2.57. The van der Waals surface area contributed by atoms with E-state index in [4.69, 9.17) is 4.74 Å². The van der Waals surface area contributed by atoms with Gasteiger partial charge in [-0.15, -0.1) is 0 Å². The molecule has 2 fully saturated rings. The van der Waals surface area contributed by atoms with E-state index in [1.54, 1.807) is 12.4 Å². The Bertz CT molecular complexity index is 529. The van der Waals surface area contributed by atoms with Gasteiger partial charge in [0.05, 0.1) is 5.60 Å². The van der Waals surface area contributed by atoms with Crippen molar-refractivity contribution in [2.24, 2.45) is 0 Å². The maximum atomic E-state index is 12.1. The van der Waals surface area contributed by atoms with E-state index < -0.39 is 0 Å². The Morgan fingerprint density at radius 3 is 2.61 bits per heavy atom. The van der Waals surface area contributed by atoms with Gasteiger partial charge in [-0.2, -0.15) is 0 Å². The van der Waals surface area contributed by atoms with Crippen molar-refractivity contribution in [1.29, 1.82) is 0 Å². The van der Waals surface area contributed by atoms with Gasteiger partial charge < -0.3 is 19.4 Å². The van der Waals surface area contributed by atoms with Crippen LogP contribution < -0.4 is 4.90 Å². The first-order valence-corrected chi connectivity index (χ1v) is 8.16. The number of morpholine rings is 1. The van der Waals surface area contributed by atoms with Gasteiger partial charge in [-0.1, -0.05) is 0 Å². The highest BCUT2D eigenvalue weighted by atomic mass is 16.5. The highest BCUT2D eigenvalue weighted by molar-refractivity contribution is 5.78. The fourth-order valence-corrected chi connectivity index (χ4v) is 3.18. The van der Waals surface area contributed by atoms with E-state index in [0.717, 1.165) is 45.0 Å². The summed E-state index contributed by atoms with van der Waals surface area (Å²) in [6.45, 7) is 4.27. The number of hydrogen-bond acceptors (Lipinski definition) is 6. The van der Waals surface area contributed by atoms with Crippen LogP contribution in [0, 0.1) is 0 Å². The van der Waals surface area contributed by atoms with E-state index in [-0.39, 0.29) is 18.1 Å². The summed E-state index contributed by atoms with van der Waals surface area (Å²) in [6, 6.07) is 1.83. The third kappa shape index (κ3) is 3.79. The molecule has 1 amide bonds. The lowest BCUT2D eigenvalue weighted by Crippen LogP contribution is -2.59. The number of likely N-dealkylation sites (N-methyl/N-ethyl adjacent to an activating group) is 1. The van der Waals surface area contributed by atoms with E-state index in [0.29, 0.717) is 6.54 Å². The molecule has 1 aromatic rings. The summed E-state index contributed by atoms with van der Waals surface area (Å²) >= 11 is 0. The first-order chi connectivity index (χ1) is 11.1. The lowest BCUT2D eigenvalue weighted by Gasteiger charge is -2.47. The second kappa shape index (κ2) is 6.80. The highest BCUT2D eigenvalue weighted by Crippen LogP contribution is 2.31. The summed E-state index contributed by atoms with van der Waals surface area (Å²) in [7, 11) is 4.05. The molecule has 7 heteroatoms. The second-order valence-electron chi connectivity index (χ2n) is 6.63. The van der Waals surface area contributed by atoms with Crippen molar-refractivity contribution < 1.29 is 9.53 Å². The van der Waals surface area contributed by atoms with E-state index in [1.807, 2.05) is 25.1 Å². The predicted molar refractivity (Wildman–Crippen MR) is 87.3 cm³/mol. The fraction of sp³-hybridized carbons (Fsp3) is 0.688. The van der Waals surface area contributed by atoms with Crippen LogP contribution in [-0.2, 0) is 9.53 Å². The van der Waals surface area contributed by atoms with Gasteiger partial charge in [0.1, 0.15) is 6.61 Å². The molecule has 2 saturated heterocycles. The molecule has 0 unspecified atom stereocenters. The van der Waals surface area contributed by atoms with Gasteiger partial charge in [0.2, 0.25) is 11.9 Å². The fourth-order valence-electron chi connectivity index (χ4n) is 3.18. The van der Waals surface area contributed by atoms with Gasteiger partial charge in [0, 0.05) is 45.1 Å². The zero-order chi connectivity index (χ0) is 16.3. The van der Waals surface area contributed by atoms with Crippen molar-refractivity contribution in [3.05, 3.63) is 18.5 Å². The van der Waals surface area contributed by atoms with Crippen molar-refractivity contribution in [3.63, 3.8) is 0 Å². The summed E-state index contributed by atoms with van der Waals surface area (Å²) in [5.41, 5.74) is -0.203. The number of rotatable bonds is 4. The van der Waals surface area contributed by atoms with Crippen LogP contribution in [0.2, 0.25) is 0 Å². The molecule has 2 aliphatic rings. The van der Waals surface area contributed by atoms with Gasteiger partial charge in [-0.05, 0) is 33.0 Å². The van der Waals surface area contributed by atoms with Crippen LogP contribution in [-0.4, -0.2) is 84.7 Å². The standard InChI is InChI=1S/C16H25N5O2/c1-19(2)10-11-21-13-16(23-12-14(21)22)4-8-20(9-5-16)15-17-6-3-7-18-15/h3,6-7H,4-5,8-13H2,1-2H3. The molecule has 3 rings (SSSR count). The van der Waals surface area contributed by atoms with Crippen molar-refractivity contribution in [2.45, 2.75) is 18.4 Å². The van der Waals surface area contributed by atoms with Crippen LogP contribution in [0.1, 0.15) is 12.8 Å². The smallest absolute Gasteiger partial charge is 0.248 e. The lowest BCUT2D eigenvalue weighted by molar-refractivity contribution is -0.167. The third-order valence-corrected chi connectivity index (χ3v) is 4.66. The molecule has 0 aliphatic carbocycles. The van der Waals surface area contributed by atoms with Crippen LogP contribution >= 0.6 is 0 Å². The molecule has 0 radical (unpaired) electrons. The molecule has 2 aliphatic heterocycles. The molecule has 1 aromatic heterocycles. The normalized spacial score (nSPS) is 21.3. The van der Waals surface area contributed by atoms with Crippen LogP contribution in [0.25, 0.3) is 0 Å². The molecule has 0 saturated carbocycles. The van der Waals surface area contributed by atoms with E-state index in [2.05, 4.69) is 19.8 Å². The van der Waals surface area contributed by atoms with Gasteiger partial charge >= 0.3 is 0 Å². The summed E-state index contributed by atoms with van der Waals surface area (Å²) < 4.78 is 5.97. The Morgan fingerprint density at radius 1 is 1.26 bits per heavy atom. The molecule has 126 valence electrons. The van der Waals surface area contributed by atoms with E-state index in [1.165, 1.54) is 0 Å². The number of ether oxygens (including phenoxy) is 1. The average molecular weight is 319 g/mol. The summed E-state index contributed by atoms with van der Waals surface area (Å²) in [6.07, 6.45) is 5.34. The zero-order valence-corrected chi connectivity index (χ0v) is 13.9. The largest absolute Gasteiger partial charge is 0.363 e. The zero-order valence-electron chi connectivity index (χ0n) is 13.9. The minimum Gasteiger partial charge on any atom is -0.363 e. The molecule has 0 N–H and O–H groups in total. The molecule has 0 atom stereocenters. The highest BCUT2D eigenvalue weighted by Gasteiger charge is 2.42. The molecule has 3 heterocycles. The van der Waals surface area contributed by atoms with Crippen molar-refractivity contribution in [2.75, 3.05) is 58.3 Å². The number of anilines is 1.